The maximum atomic E-state index is 13.8. The zero-order valence-electron chi connectivity index (χ0n) is 14.2. The highest BCUT2D eigenvalue weighted by Gasteiger charge is 2.31. The number of allylic oxidation sites excluding steroid dienone is 2. The Morgan fingerprint density at radius 3 is 2.38 bits per heavy atom. The molecule has 136 valence electrons. The molecule has 1 aliphatic rings. The molecule has 0 bridgehead atoms. The predicted octanol–water partition coefficient (Wildman–Crippen LogP) is 2.53. The van der Waals surface area contributed by atoms with Gasteiger partial charge in [0.05, 0.1) is 30.8 Å². The van der Waals surface area contributed by atoms with Crippen LogP contribution in [0.2, 0.25) is 0 Å². The minimum absolute atomic E-state index is 0.101. The first kappa shape index (κ1) is 18.8. The molecule has 0 amide bonds. The molecule has 1 aromatic rings. The molecule has 1 heterocycles. The first-order valence-corrected chi connectivity index (χ1v) is 7.31. The van der Waals surface area contributed by atoms with Crippen molar-refractivity contribution in [3.63, 3.8) is 0 Å². The second-order valence-corrected chi connectivity index (χ2v) is 5.16. The number of methoxy groups -OCH3 is 2. The Morgan fingerprint density at radius 1 is 1.15 bits per heavy atom. The van der Waals surface area contributed by atoms with Crippen molar-refractivity contribution >= 4 is 23.3 Å². The summed E-state index contributed by atoms with van der Waals surface area (Å²) in [6.07, 6.45) is 5.56. The summed E-state index contributed by atoms with van der Waals surface area (Å²) in [6.45, 7) is 1.42. The van der Waals surface area contributed by atoms with Gasteiger partial charge in [-0.05, 0) is 30.7 Å². The number of nitro groups is 1. The number of esters is 2. The highest BCUT2D eigenvalue weighted by Crippen LogP contribution is 2.35. The Hall–Kier alpha value is -3.49. The third kappa shape index (κ3) is 3.46. The van der Waals surface area contributed by atoms with E-state index in [1.54, 1.807) is 0 Å². The minimum Gasteiger partial charge on any atom is -0.465 e. The number of ether oxygens (including phenoxy) is 2. The number of rotatable bonds is 4. The van der Waals surface area contributed by atoms with Gasteiger partial charge in [0.25, 0.3) is 5.69 Å². The minimum atomic E-state index is -0.919. The Bertz CT molecular complexity index is 872. The van der Waals surface area contributed by atoms with Crippen LogP contribution >= 0.6 is 0 Å². The van der Waals surface area contributed by atoms with Crippen molar-refractivity contribution in [3.05, 3.63) is 69.3 Å². The van der Waals surface area contributed by atoms with Gasteiger partial charge in [-0.2, -0.15) is 0 Å². The van der Waals surface area contributed by atoms with E-state index in [-0.39, 0.29) is 22.5 Å². The molecular formula is C17H15FN2O6. The molecule has 0 saturated carbocycles. The summed E-state index contributed by atoms with van der Waals surface area (Å²) in [6, 6.07) is 1.96. The van der Waals surface area contributed by atoms with Gasteiger partial charge in [0, 0.05) is 6.20 Å². The van der Waals surface area contributed by atoms with Crippen LogP contribution in [0.5, 0.6) is 0 Å². The van der Waals surface area contributed by atoms with Crippen LogP contribution in [0.4, 0.5) is 15.8 Å². The molecule has 0 aromatic heterocycles. The normalized spacial score (nSPS) is 13.5. The number of nitro benzene ring substituents is 1. The van der Waals surface area contributed by atoms with Crippen molar-refractivity contribution < 1.29 is 28.4 Å². The molecule has 0 spiro atoms. The Morgan fingerprint density at radius 2 is 1.81 bits per heavy atom. The third-order valence-electron chi connectivity index (χ3n) is 3.60. The lowest BCUT2D eigenvalue weighted by atomic mass is 10.1. The van der Waals surface area contributed by atoms with Gasteiger partial charge >= 0.3 is 11.9 Å². The van der Waals surface area contributed by atoms with Gasteiger partial charge in [0.2, 0.25) is 0 Å². The predicted molar refractivity (Wildman–Crippen MR) is 89.6 cm³/mol. The summed E-state index contributed by atoms with van der Waals surface area (Å²) in [7, 11) is 2.23. The maximum Gasteiger partial charge on any atom is 0.355 e. The zero-order valence-corrected chi connectivity index (χ0v) is 14.2. The summed E-state index contributed by atoms with van der Waals surface area (Å²) in [4.78, 5) is 36.1. The highest BCUT2D eigenvalue weighted by molar-refractivity contribution is 6.05. The number of hydrogen-bond acceptors (Lipinski definition) is 7. The fourth-order valence-corrected chi connectivity index (χ4v) is 2.35. The second kappa shape index (κ2) is 7.60. The number of hydrogen-bond donors (Lipinski definition) is 0. The second-order valence-electron chi connectivity index (χ2n) is 5.16. The number of anilines is 1. The number of benzene rings is 1. The molecule has 2 rings (SSSR count). The quantitative estimate of drug-likeness (QED) is 0.461. The van der Waals surface area contributed by atoms with Crippen molar-refractivity contribution in [2.45, 2.75) is 6.92 Å². The molecule has 9 heteroatoms. The van der Waals surface area contributed by atoms with E-state index in [0.29, 0.717) is 0 Å². The fourth-order valence-electron chi connectivity index (χ4n) is 2.35. The topological polar surface area (TPSA) is 99.0 Å². The number of carbonyl (C=O) groups is 2. The first-order chi connectivity index (χ1) is 12.3. The van der Waals surface area contributed by atoms with Gasteiger partial charge in [-0.1, -0.05) is 6.08 Å². The van der Waals surface area contributed by atoms with E-state index >= 15 is 0 Å². The smallest absolute Gasteiger partial charge is 0.355 e. The lowest BCUT2D eigenvalue weighted by Gasteiger charge is -2.23. The SMILES string of the molecule is COC(=O)C1=C(C(=O)OC)N(c2cc(C)c(F)cc2[N+](=O)[O-])C=CC=C1. The summed E-state index contributed by atoms with van der Waals surface area (Å²) in [5.41, 5.74) is -1.01. The molecule has 26 heavy (non-hydrogen) atoms. The van der Waals surface area contributed by atoms with Crippen LogP contribution in [-0.4, -0.2) is 31.1 Å². The highest BCUT2D eigenvalue weighted by atomic mass is 19.1. The van der Waals surface area contributed by atoms with Gasteiger partial charge in [0.1, 0.15) is 17.2 Å². The van der Waals surface area contributed by atoms with Crippen LogP contribution in [0, 0.1) is 22.9 Å². The zero-order chi connectivity index (χ0) is 19.4. The van der Waals surface area contributed by atoms with Crippen LogP contribution in [0.1, 0.15) is 5.56 Å². The average molecular weight is 362 g/mol. The lowest BCUT2D eigenvalue weighted by Crippen LogP contribution is -2.27. The van der Waals surface area contributed by atoms with Gasteiger partial charge in [-0.15, -0.1) is 0 Å². The Labute approximate surface area is 147 Å². The lowest BCUT2D eigenvalue weighted by molar-refractivity contribution is -0.384. The third-order valence-corrected chi connectivity index (χ3v) is 3.60. The molecule has 0 radical (unpaired) electrons. The summed E-state index contributed by atoms with van der Waals surface area (Å²) in [5, 5.41) is 11.4. The Balaban J connectivity index is 2.81. The van der Waals surface area contributed by atoms with E-state index in [1.165, 1.54) is 37.4 Å². The van der Waals surface area contributed by atoms with Gasteiger partial charge in [-0.3, -0.25) is 10.1 Å². The van der Waals surface area contributed by atoms with E-state index in [2.05, 4.69) is 4.74 Å². The molecule has 0 saturated heterocycles. The summed E-state index contributed by atoms with van der Waals surface area (Å²) >= 11 is 0. The van der Waals surface area contributed by atoms with Crippen LogP contribution in [0.25, 0.3) is 0 Å². The van der Waals surface area contributed by atoms with E-state index in [1.807, 2.05) is 0 Å². The molecule has 1 aliphatic heterocycles. The van der Waals surface area contributed by atoms with Gasteiger partial charge in [-0.25, -0.2) is 14.0 Å². The van der Waals surface area contributed by atoms with Crippen molar-refractivity contribution in [1.82, 2.24) is 0 Å². The van der Waals surface area contributed by atoms with Crippen molar-refractivity contribution in [2.75, 3.05) is 19.1 Å². The van der Waals surface area contributed by atoms with Gasteiger partial charge < -0.3 is 14.4 Å². The number of carbonyl (C=O) groups excluding carboxylic acids is 2. The summed E-state index contributed by atoms with van der Waals surface area (Å²) in [5.74, 6) is -2.52. The number of halogens is 1. The van der Waals surface area contributed by atoms with Crippen molar-refractivity contribution in [3.8, 4) is 0 Å². The summed E-state index contributed by atoms with van der Waals surface area (Å²) < 4.78 is 23.2. The standard InChI is InChI=1S/C17H15FN2O6/c1-10-8-13(14(20(23)24)9-12(10)18)19-7-5-4-6-11(16(21)25-2)15(19)17(22)26-3/h4-9H,1-3H3. The molecule has 0 atom stereocenters. The maximum absolute atomic E-state index is 13.8. The molecule has 0 fully saturated rings. The molecular weight excluding hydrogens is 347 g/mol. The molecule has 8 nitrogen and oxygen atoms in total. The van der Waals surface area contributed by atoms with E-state index in [9.17, 15) is 24.1 Å². The van der Waals surface area contributed by atoms with Crippen molar-refractivity contribution in [1.29, 1.82) is 0 Å². The van der Waals surface area contributed by atoms with Crippen LogP contribution in [0.15, 0.2) is 47.8 Å². The van der Waals surface area contributed by atoms with E-state index in [0.717, 1.165) is 25.2 Å². The first-order valence-electron chi connectivity index (χ1n) is 7.31. The monoisotopic (exact) mass is 362 g/mol. The molecule has 0 unspecified atom stereocenters. The van der Waals surface area contributed by atoms with Crippen LogP contribution in [0.3, 0.4) is 0 Å². The van der Waals surface area contributed by atoms with Gasteiger partial charge in [0.15, 0.2) is 0 Å². The number of nitrogens with zero attached hydrogens (tertiary/aromatic N) is 2. The number of aryl methyl sites for hydroxylation is 1. The van der Waals surface area contributed by atoms with E-state index < -0.39 is 28.4 Å². The van der Waals surface area contributed by atoms with E-state index in [4.69, 9.17) is 4.74 Å². The molecule has 1 aromatic carbocycles. The van der Waals surface area contributed by atoms with Crippen LogP contribution < -0.4 is 4.90 Å². The Kier molecular flexibility index (Phi) is 5.51. The molecule has 0 aliphatic carbocycles. The fraction of sp³-hybridized carbons (Fsp3) is 0.176. The van der Waals surface area contributed by atoms with Crippen LogP contribution in [-0.2, 0) is 19.1 Å². The average Bonchev–Trinajstić information content (AvgIpc) is 2.84. The van der Waals surface area contributed by atoms with Crippen molar-refractivity contribution in [2.24, 2.45) is 0 Å². The molecule has 0 N–H and O–H groups in total. The largest absolute Gasteiger partial charge is 0.465 e.